The fraction of sp³-hybridized carbons (Fsp3) is 0.550. The molecule has 0 aliphatic carbocycles. The standard InChI is InChI=1S/C20H31BrN6/c1-3-5-6-7-12-22-20(24-15-17-8-10-18(21)11-9-17)23-13-14-27-16-25-26-19(27)4-2/h8-11,16H,3-7,12-15H2,1-2H3,(H2,22,23,24). The average Bonchev–Trinajstić information content (AvgIpc) is 3.14. The Labute approximate surface area is 171 Å². The minimum atomic E-state index is 0.657. The first kappa shape index (κ1) is 21.4. The number of unbranched alkanes of at least 4 members (excludes halogenated alkanes) is 3. The van der Waals surface area contributed by atoms with E-state index in [1.54, 1.807) is 6.33 Å². The first-order valence-corrected chi connectivity index (χ1v) is 10.7. The molecule has 0 bridgehead atoms. The molecule has 148 valence electrons. The van der Waals surface area contributed by atoms with E-state index >= 15 is 0 Å². The summed E-state index contributed by atoms with van der Waals surface area (Å²) >= 11 is 3.47. The van der Waals surface area contributed by atoms with Crippen molar-refractivity contribution in [2.24, 2.45) is 4.99 Å². The topological polar surface area (TPSA) is 67.1 Å². The second-order valence-corrected chi connectivity index (χ2v) is 7.42. The van der Waals surface area contributed by atoms with Gasteiger partial charge in [0.05, 0.1) is 6.54 Å². The molecule has 0 aliphatic rings. The molecular formula is C20H31BrN6. The Balaban J connectivity index is 1.87. The van der Waals surface area contributed by atoms with Crippen LogP contribution in [0.1, 0.15) is 50.9 Å². The second-order valence-electron chi connectivity index (χ2n) is 6.50. The van der Waals surface area contributed by atoms with Gasteiger partial charge in [-0.15, -0.1) is 10.2 Å². The number of rotatable bonds is 11. The van der Waals surface area contributed by atoms with Crippen LogP contribution in [-0.4, -0.2) is 33.8 Å². The normalized spacial score (nSPS) is 11.6. The minimum Gasteiger partial charge on any atom is -0.356 e. The van der Waals surface area contributed by atoms with E-state index in [0.717, 1.165) is 48.7 Å². The summed E-state index contributed by atoms with van der Waals surface area (Å²) in [6.45, 7) is 7.53. The molecule has 1 aromatic heterocycles. The molecule has 0 saturated carbocycles. The molecule has 7 heteroatoms. The predicted octanol–water partition coefficient (Wildman–Crippen LogP) is 3.92. The van der Waals surface area contributed by atoms with Gasteiger partial charge in [0.2, 0.25) is 0 Å². The molecule has 2 rings (SSSR count). The third-order valence-electron chi connectivity index (χ3n) is 4.31. The largest absolute Gasteiger partial charge is 0.356 e. The van der Waals surface area contributed by atoms with Crippen LogP contribution in [0.25, 0.3) is 0 Å². The highest BCUT2D eigenvalue weighted by Gasteiger charge is 2.03. The van der Waals surface area contributed by atoms with Crippen molar-refractivity contribution >= 4 is 21.9 Å². The van der Waals surface area contributed by atoms with E-state index < -0.39 is 0 Å². The zero-order valence-electron chi connectivity index (χ0n) is 16.4. The Morgan fingerprint density at radius 3 is 2.59 bits per heavy atom. The number of hydrogen-bond acceptors (Lipinski definition) is 3. The van der Waals surface area contributed by atoms with Crippen molar-refractivity contribution in [1.29, 1.82) is 0 Å². The van der Waals surface area contributed by atoms with Gasteiger partial charge in [-0.1, -0.05) is 61.2 Å². The van der Waals surface area contributed by atoms with Crippen LogP contribution < -0.4 is 10.6 Å². The van der Waals surface area contributed by atoms with E-state index in [1.807, 2.05) is 0 Å². The van der Waals surface area contributed by atoms with Crippen LogP contribution in [0.2, 0.25) is 0 Å². The second kappa shape index (κ2) is 12.5. The van der Waals surface area contributed by atoms with Gasteiger partial charge in [-0.25, -0.2) is 4.99 Å². The Kier molecular flexibility index (Phi) is 9.90. The van der Waals surface area contributed by atoms with Gasteiger partial charge in [0.15, 0.2) is 5.96 Å². The van der Waals surface area contributed by atoms with E-state index in [2.05, 4.69) is 79.4 Å². The number of aryl methyl sites for hydroxylation is 1. The number of aliphatic imine (C=N–C) groups is 1. The number of nitrogens with zero attached hydrogens (tertiary/aromatic N) is 4. The minimum absolute atomic E-state index is 0.657. The molecule has 6 nitrogen and oxygen atoms in total. The zero-order chi connectivity index (χ0) is 19.3. The molecular weight excluding hydrogens is 404 g/mol. The molecule has 0 aliphatic heterocycles. The summed E-state index contributed by atoms with van der Waals surface area (Å²) in [5.74, 6) is 1.87. The van der Waals surface area contributed by atoms with Gasteiger partial charge in [-0.2, -0.15) is 0 Å². The summed E-state index contributed by atoms with van der Waals surface area (Å²) in [4.78, 5) is 4.74. The molecule has 1 aromatic carbocycles. The smallest absolute Gasteiger partial charge is 0.191 e. The van der Waals surface area contributed by atoms with E-state index in [-0.39, 0.29) is 0 Å². The first-order chi connectivity index (χ1) is 13.2. The fourth-order valence-electron chi connectivity index (χ4n) is 2.73. The van der Waals surface area contributed by atoms with E-state index in [4.69, 9.17) is 4.99 Å². The number of hydrogen-bond donors (Lipinski definition) is 2. The molecule has 27 heavy (non-hydrogen) atoms. The zero-order valence-corrected chi connectivity index (χ0v) is 18.0. The Bertz CT molecular complexity index is 680. The third-order valence-corrected chi connectivity index (χ3v) is 4.84. The van der Waals surface area contributed by atoms with Crippen LogP contribution >= 0.6 is 15.9 Å². The summed E-state index contributed by atoms with van der Waals surface area (Å²) in [6.07, 6.45) is 7.63. The lowest BCUT2D eigenvalue weighted by molar-refractivity contribution is 0.620. The first-order valence-electron chi connectivity index (χ1n) is 9.86. The lowest BCUT2D eigenvalue weighted by Gasteiger charge is -2.13. The van der Waals surface area contributed by atoms with Gasteiger partial charge in [0.25, 0.3) is 0 Å². The van der Waals surface area contributed by atoms with Crippen molar-refractivity contribution in [3.05, 3.63) is 46.5 Å². The van der Waals surface area contributed by atoms with Crippen molar-refractivity contribution in [1.82, 2.24) is 25.4 Å². The van der Waals surface area contributed by atoms with Crippen molar-refractivity contribution in [2.45, 2.75) is 59.0 Å². The van der Waals surface area contributed by atoms with Crippen LogP contribution in [0, 0.1) is 0 Å². The summed E-state index contributed by atoms with van der Waals surface area (Å²) in [7, 11) is 0. The van der Waals surface area contributed by atoms with Crippen molar-refractivity contribution in [2.75, 3.05) is 13.1 Å². The van der Waals surface area contributed by atoms with E-state index in [9.17, 15) is 0 Å². The lowest BCUT2D eigenvalue weighted by Crippen LogP contribution is -2.39. The fourth-order valence-corrected chi connectivity index (χ4v) is 2.99. The van der Waals surface area contributed by atoms with Gasteiger partial charge in [-0.3, -0.25) is 0 Å². The number of benzene rings is 1. The molecule has 2 N–H and O–H groups in total. The Morgan fingerprint density at radius 1 is 1.07 bits per heavy atom. The van der Waals surface area contributed by atoms with Crippen molar-refractivity contribution in [3.63, 3.8) is 0 Å². The lowest BCUT2D eigenvalue weighted by atomic mass is 10.2. The maximum atomic E-state index is 4.74. The molecule has 0 amide bonds. The quantitative estimate of drug-likeness (QED) is 0.319. The van der Waals surface area contributed by atoms with Crippen LogP contribution in [0.5, 0.6) is 0 Å². The monoisotopic (exact) mass is 434 g/mol. The summed E-state index contributed by atoms with van der Waals surface area (Å²) in [6, 6.07) is 8.29. The molecule has 0 atom stereocenters. The number of nitrogens with one attached hydrogen (secondary N) is 2. The summed E-state index contributed by atoms with van der Waals surface area (Å²) < 4.78 is 3.17. The van der Waals surface area contributed by atoms with Gasteiger partial charge in [0, 0.05) is 30.5 Å². The predicted molar refractivity (Wildman–Crippen MR) is 115 cm³/mol. The van der Waals surface area contributed by atoms with Crippen molar-refractivity contribution in [3.8, 4) is 0 Å². The van der Waals surface area contributed by atoms with Crippen LogP contribution in [0.3, 0.4) is 0 Å². The van der Waals surface area contributed by atoms with Crippen molar-refractivity contribution < 1.29 is 0 Å². The molecule has 0 fully saturated rings. The van der Waals surface area contributed by atoms with Crippen LogP contribution in [-0.2, 0) is 19.5 Å². The maximum Gasteiger partial charge on any atom is 0.191 e. The number of halogens is 1. The molecule has 0 saturated heterocycles. The molecule has 2 aromatic rings. The molecule has 0 radical (unpaired) electrons. The van der Waals surface area contributed by atoms with Crippen LogP contribution in [0.15, 0.2) is 40.1 Å². The summed E-state index contributed by atoms with van der Waals surface area (Å²) in [5.41, 5.74) is 1.19. The van der Waals surface area contributed by atoms with Crippen LogP contribution in [0.4, 0.5) is 0 Å². The average molecular weight is 435 g/mol. The van der Waals surface area contributed by atoms with Gasteiger partial charge in [-0.05, 0) is 24.1 Å². The summed E-state index contributed by atoms with van der Waals surface area (Å²) in [5, 5.41) is 15.0. The number of aromatic nitrogens is 3. The molecule has 0 spiro atoms. The highest BCUT2D eigenvalue weighted by atomic mass is 79.9. The highest BCUT2D eigenvalue weighted by molar-refractivity contribution is 9.10. The molecule has 1 heterocycles. The maximum absolute atomic E-state index is 4.74. The SMILES string of the molecule is CCCCCCNC(=NCc1ccc(Br)cc1)NCCn1cnnc1CC. The van der Waals surface area contributed by atoms with Gasteiger partial charge < -0.3 is 15.2 Å². The Morgan fingerprint density at radius 2 is 1.85 bits per heavy atom. The van der Waals surface area contributed by atoms with Gasteiger partial charge in [0.1, 0.15) is 12.2 Å². The number of guanidine groups is 1. The van der Waals surface area contributed by atoms with E-state index in [0.29, 0.717) is 6.54 Å². The van der Waals surface area contributed by atoms with E-state index in [1.165, 1.54) is 24.8 Å². The van der Waals surface area contributed by atoms with Gasteiger partial charge >= 0.3 is 0 Å². The molecule has 0 unspecified atom stereocenters. The highest BCUT2D eigenvalue weighted by Crippen LogP contribution is 2.11. The third kappa shape index (κ3) is 8.12. The Hall–Kier alpha value is -1.89.